The minimum Gasteiger partial charge on any atom is -0.496 e. The van der Waals surface area contributed by atoms with Gasteiger partial charge in [0.1, 0.15) is 5.75 Å². The van der Waals surface area contributed by atoms with E-state index in [1.54, 1.807) is 18.9 Å². The van der Waals surface area contributed by atoms with Crippen LogP contribution in [0.5, 0.6) is 5.75 Å². The third kappa shape index (κ3) is 6.44. The van der Waals surface area contributed by atoms with Crippen molar-refractivity contribution in [3.05, 3.63) is 59.1 Å². The first-order valence-corrected chi connectivity index (χ1v) is 12.6. The topological polar surface area (TPSA) is 43.2 Å². The number of hydrogen-bond acceptors (Lipinski definition) is 5. The van der Waals surface area contributed by atoms with Crippen molar-refractivity contribution < 1.29 is 4.74 Å². The number of thioether (sulfide) groups is 1. The number of benzene rings is 2. The normalized spacial score (nSPS) is 17.1. The van der Waals surface area contributed by atoms with E-state index in [-0.39, 0.29) is 12.4 Å². The number of hydrogen-bond donors (Lipinski definition) is 0. The highest BCUT2D eigenvalue weighted by Crippen LogP contribution is 2.51. The first-order valence-electron chi connectivity index (χ1n) is 11.2. The second-order valence-electron chi connectivity index (χ2n) is 8.32. The highest BCUT2D eigenvalue weighted by atomic mass is 35.5. The summed E-state index contributed by atoms with van der Waals surface area (Å²) < 4.78 is 7.64. The summed E-state index contributed by atoms with van der Waals surface area (Å²) in [7, 11) is 3.78. The molecule has 0 saturated heterocycles. The minimum absolute atomic E-state index is 0. The summed E-state index contributed by atoms with van der Waals surface area (Å²) in [4.78, 5) is 2.56. The van der Waals surface area contributed by atoms with E-state index in [9.17, 15) is 0 Å². The first-order chi connectivity index (χ1) is 15.6. The van der Waals surface area contributed by atoms with Crippen molar-refractivity contribution in [2.24, 2.45) is 13.0 Å². The van der Waals surface area contributed by atoms with Gasteiger partial charge in [-0.3, -0.25) is 0 Å². The van der Waals surface area contributed by atoms with Crippen molar-refractivity contribution in [2.75, 3.05) is 32.5 Å². The summed E-state index contributed by atoms with van der Waals surface area (Å²) in [5, 5.41) is 10.5. The molecule has 1 fully saturated rings. The lowest BCUT2D eigenvalue weighted by Crippen LogP contribution is -2.27. The number of halogens is 2. The molecule has 5 nitrogen and oxygen atoms in total. The Hall–Kier alpha value is -1.73. The van der Waals surface area contributed by atoms with E-state index in [4.69, 9.17) is 16.3 Å². The maximum Gasteiger partial charge on any atom is 0.191 e. The molecule has 1 aromatic heterocycles. The number of aromatic nitrogens is 3. The molecular formula is C25H32Cl2N4OS. The molecule has 2 unspecified atom stereocenters. The summed E-state index contributed by atoms with van der Waals surface area (Å²) in [6, 6.07) is 16.2. The van der Waals surface area contributed by atoms with Gasteiger partial charge < -0.3 is 14.2 Å². The Morgan fingerprint density at radius 1 is 1.18 bits per heavy atom. The number of rotatable bonds is 11. The van der Waals surface area contributed by atoms with Crippen molar-refractivity contribution in [3.63, 3.8) is 0 Å². The Balaban J connectivity index is 0.00000306. The van der Waals surface area contributed by atoms with Gasteiger partial charge in [0, 0.05) is 29.9 Å². The van der Waals surface area contributed by atoms with Crippen LogP contribution in [0.25, 0.3) is 11.4 Å². The van der Waals surface area contributed by atoms with E-state index in [1.165, 1.54) is 12.0 Å². The van der Waals surface area contributed by atoms with Crippen LogP contribution in [0.2, 0.25) is 5.02 Å². The smallest absolute Gasteiger partial charge is 0.191 e. The molecule has 178 valence electrons. The molecule has 8 heteroatoms. The second-order valence-corrected chi connectivity index (χ2v) is 9.81. The van der Waals surface area contributed by atoms with Crippen LogP contribution in [0.3, 0.4) is 0 Å². The van der Waals surface area contributed by atoms with Crippen LogP contribution in [0.15, 0.2) is 53.7 Å². The largest absolute Gasteiger partial charge is 0.496 e. The Morgan fingerprint density at radius 3 is 2.70 bits per heavy atom. The highest BCUT2D eigenvalue weighted by Gasteiger charge is 2.40. The molecule has 1 aliphatic rings. The van der Waals surface area contributed by atoms with E-state index in [1.807, 2.05) is 37.4 Å². The predicted octanol–water partition coefficient (Wildman–Crippen LogP) is 6.17. The van der Waals surface area contributed by atoms with Crippen LogP contribution in [0.1, 0.15) is 31.2 Å². The molecular weight excluding hydrogens is 475 g/mol. The minimum atomic E-state index is 0. The summed E-state index contributed by atoms with van der Waals surface area (Å²) in [5.74, 6) is 4.15. The van der Waals surface area contributed by atoms with Gasteiger partial charge in [0.05, 0.1) is 7.11 Å². The van der Waals surface area contributed by atoms with Crippen LogP contribution in [0, 0.1) is 5.92 Å². The van der Waals surface area contributed by atoms with Crippen LogP contribution in [-0.4, -0.2) is 52.2 Å². The molecule has 0 radical (unpaired) electrons. The van der Waals surface area contributed by atoms with Crippen LogP contribution >= 0.6 is 35.8 Å². The molecule has 0 amide bonds. The summed E-state index contributed by atoms with van der Waals surface area (Å²) in [6.07, 6.45) is 2.34. The summed E-state index contributed by atoms with van der Waals surface area (Å²) in [6.45, 7) is 5.55. The van der Waals surface area contributed by atoms with Gasteiger partial charge in [0.2, 0.25) is 0 Å². The van der Waals surface area contributed by atoms with Crippen molar-refractivity contribution in [2.45, 2.75) is 30.8 Å². The van der Waals surface area contributed by atoms with E-state index >= 15 is 0 Å². The molecule has 2 atom stereocenters. The van der Waals surface area contributed by atoms with Crippen LogP contribution in [-0.2, 0) is 7.05 Å². The summed E-state index contributed by atoms with van der Waals surface area (Å²) >= 11 is 8.01. The lowest BCUT2D eigenvalue weighted by molar-refractivity contribution is 0.276. The average molecular weight is 508 g/mol. The van der Waals surface area contributed by atoms with Gasteiger partial charge >= 0.3 is 0 Å². The molecule has 2 aromatic carbocycles. The Kier molecular flexibility index (Phi) is 9.50. The maximum atomic E-state index is 6.23. The number of methoxy groups -OCH3 is 1. The molecule has 1 heterocycles. The molecule has 0 aliphatic heterocycles. The van der Waals surface area contributed by atoms with Gasteiger partial charge in [-0.15, -0.1) is 22.6 Å². The van der Waals surface area contributed by atoms with Crippen molar-refractivity contribution in [3.8, 4) is 17.1 Å². The number of nitrogens with zero attached hydrogens (tertiary/aromatic N) is 4. The fourth-order valence-electron chi connectivity index (χ4n) is 4.27. The Labute approximate surface area is 212 Å². The lowest BCUT2D eigenvalue weighted by Gasteiger charge is -2.20. The monoisotopic (exact) mass is 506 g/mol. The van der Waals surface area contributed by atoms with Gasteiger partial charge in [-0.1, -0.05) is 60.6 Å². The molecule has 3 aromatic rings. The third-order valence-corrected chi connectivity index (χ3v) is 7.51. The SMILES string of the molecule is CCN(CCCSc1nnc(-c2ccccc2)n1C)CC1CC1c1cc(Cl)ccc1OC.Cl. The van der Waals surface area contributed by atoms with Gasteiger partial charge in [0.15, 0.2) is 11.0 Å². The molecule has 0 bridgehead atoms. The zero-order valence-electron chi connectivity index (χ0n) is 19.4. The molecule has 4 rings (SSSR count). The molecule has 1 saturated carbocycles. The standard InChI is InChI=1S/C25H31ClN4OS.ClH/c1-4-30(17-19-15-21(19)22-16-20(26)11-12-23(22)31-3)13-8-14-32-25-28-27-24(29(25)2)18-9-6-5-7-10-18;/h5-7,9-12,16,19,21H,4,8,13-15,17H2,1-3H3;1H. The van der Waals surface area contributed by atoms with E-state index in [0.29, 0.717) is 11.8 Å². The van der Waals surface area contributed by atoms with Gasteiger partial charge in [-0.25, -0.2) is 0 Å². The predicted molar refractivity (Wildman–Crippen MR) is 140 cm³/mol. The van der Waals surface area contributed by atoms with Crippen molar-refractivity contribution in [1.82, 2.24) is 19.7 Å². The maximum absolute atomic E-state index is 6.23. The van der Waals surface area contributed by atoms with Gasteiger partial charge in [0.25, 0.3) is 0 Å². The van der Waals surface area contributed by atoms with E-state index in [2.05, 4.69) is 44.8 Å². The van der Waals surface area contributed by atoms with E-state index in [0.717, 1.165) is 59.1 Å². The quantitative estimate of drug-likeness (QED) is 0.229. The number of ether oxygens (including phenoxy) is 1. The first kappa shape index (κ1) is 25.9. The molecule has 33 heavy (non-hydrogen) atoms. The second kappa shape index (κ2) is 12.1. The van der Waals surface area contributed by atoms with E-state index < -0.39 is 0 Å². The fourth-order valence-corrected chi connectivity index (χ4v) is 5.28. The molecule has 0 N–H and O–H groups in total. The van der Waals surface area contributed by atoms with Crippen molar-refractivity contribution in [1.29, 1.82) is 0 Å². The van der Waals surface area contributed by atoms with Gasteiger partial charge in [-0.05, 0) is 61.5 Å². The Bertz CT molecular complexity index is 1030. The lowest BCUT2D eigenvalue weighted by atomic mass is 10.1. The average Bonchev–Trinajstić information content (AvgIpc) is 3.49. The van der Waals surface area contributed by atoms with Gasteiger partial charge in [-0.2, -0.15) is 0 Å². The molecule has 1 aliphatic carbocycles. The fraction of sp³-hybridized carbons (Fsp3) is 0.440. The summed E-state index contributed by atoms with van der Waals surface area (Å²) in [5.41, 5.74) is 2.36. The van der Waals surface area contributed by atoms with Crippen LogP contribution in [0.4, 0.5) is 0 Å². The molecule has 0 spiro atoms. The van der Waals surface area contributed by atoms with Crippen molar-refractivity contribution >= 4 is 35.8 Å². The Morgan fingerprint density at radius 2 is 1.97 bits per heavy atom. The highest BCUT2D eigenvalue weighted by molar-refractivity contribution is 7.99. The zero-order chi connectivity index (χ0) is 22.5. The zero-order valence-corrected chi connectivity index (χ0v) is 21.8. The van der Waals surface area contributed by atoms with Crippen LogP contribution < -0.4 is 4.74 Å². The third-order valence-electron chi connectivity index (χ3n) is 6.17.